The van der Waals surface area contributed by atoms with E-state index in [0.29, 0.717) is 6.92 Å². The molecule has 1 heterocycles. The number of nitrogens with zero attached hydrogens (tertiary/aromatic N) is 2. The lowest BCUT2D eigenvalue weighted by Crippen LogP contribution is -2.29. The van der Waals surface area contributed by atoms with Crippen LogP contribution in [0.1, 0.15) is 18.5 Å². The molecule has 0 N–H and O–H groups in total. The number of aromatic nitrogens is 2. The summed E-state index contributed by atoms with van der Waals surface area (Å²) >= 11 is 3.00. The number of halogens is 6. The molecule has 0 amide bonds. The van der Waals surface area contributed by atoms with Crippen LogP contribution in [-0.2, 0) is 0 Å². The Kier molecular flexibility index (Phi) is 4.88. The Bertz CT molecular complexity index is 932. The lowest BCUT2D eigenvalue weighted by atomic mass is 10.0. The molecule has 2 nitrogen and oxygen atoms in total. The van der Waals surface area contributed by atoms with Gasteiger partial charge in [-0.05, 0) is 39.7 Å². The summed E-state index contributed by atoms with van der Waals surface area (Å²) < 4.78 is 70.9. The summed E-state index contributed by atoms with van der Waals surface area (Å²) in [6.07, 6.45) is 1.02. The predicted molar refractivity (Wildman–Crippen MR) is 90.4 cm³/mol. The van der Waals surface area contributed by atoms with E-state index in [0.717, 1.165) is 23.0 Å². The number of alkyl halides is 2. The van der Waals surface area contributed by atoms with Crippen LogP contribution in [-0.4, -0.2) is 15.7 Å². The van der Waals surface area contributed by atoms with E-state index in [1.807, 2.05) is 0 Å². The Morgan fingerprint density at radius 2 is 1.65 bits per heavy atom. The summed E-state index contributed by atoms with van der Waals surface area (Å²) in [5.41, 5.74) is -0.316. The fourth-order valence-corrected chi connectivity index (χ4v) is 3.08. The molecule has 0 spiro atoms. The number of benzene rings is 2. The van der Waals surface area contributed by atoms with Gasteiger partial charge in [0.2, 0.25) is 5.95 Å². The smallest absolute Gasteiger partial charge is 0.256 e. The molecule has 0 saturated carbocycles. The SMILES string of the molecule is CC(F)(F)C(c1ccc(F)cc1)n1cc(-c2cccc(Br)c2F)c(F)n1. The molecule has 0 bridgehead atoms. The first kappa shape index (κ1) is 18.6. The van der Waals surface area contributed by atoms with Crippen LogP contribution in [0.25, 0.3) is 11.1 Å². The maximum Gasteiger partial charge on any atom is 0.271 e. The van der Waals surface area contributed by atoms with Gasteiger partial charge < -0.3 is 0 Å². The van der Waals surface area contributed by atoms with E-state index in [1.165, 1.54) is 30.3 Å². The molecule has 3 aromatic rings. The van der Waals surface area contributed by atoms with Crippen LogP contribution in [0.15, 0.2) is 53.1 Å². The van der Waals surface area contributed by atoms with Crippen LogP contribution < -0.4 is 0 Å². The lowest BCUT2D eigenvalue weighted by molar-refractivity contribution is -0.0221. The summed E-state index contributed by atoms with van der Waals surface area (Å²) in [5.74, 6) is -5.73. The number of hydrogen-bond donors (Lipinski definition) is 0. The first-order valence-electron chi connectivity index (χ1n) is 7.51. The average molecular weight is 431 g/mol. The summed E-state index contributed by atoms with van der Waals surface area (Å²) in [5, 5.41) is 3.52. The van der Waals surface area contributed by atoms with Gasteiger partial charge in [-0.2, -0.15) is 4.39 Å². The second-order valence-corrected chi connectivity index (χ2v) is 6.68. The minimum Gasteiger partial charge on any atom is -0.256 e. The monoisotopic (exact) mass is 430 g/mol. The molecule has 0 aliphatic rings. The van der Waals surface area contributed by atoms with Crippen LogP contribution in [0.2, 0.25) is 0 Å². The fraction of sp³-hybridized carbons (Fsp3) is 0.167. The summed E-state index contributed by atoms with van der Waals surface area (Å²) in [7, 11) is 0. The maximum atomic E-state index is 14.3. The highest BCUT2D eigenvalue weighted by atomic mass is 79.9. The van der Waals surface area contributed by atoms with E-state index in [2.05, 4.69) is 21.0 Å². The van der Waals surface area contributed by atoms with E-state index >= 15 is 0 Å². The molecule has 8 heteroatoms. The van der Waals surface area contributed by atoms with Gasteiger partial charge in [0, 0.05) is 18.7 Å². The quantitative estimate of drug-likeness (QED) is 0.466. The third-order valence-electron chi connectivity index (χ3n) is 3.86. The van der Waals surface area contributed by atoms with Crippen LogP contribution in [0.5, 0.6) is 0 Å². The van der Waals surface area contributed by atoms with Crippen molar-refractivity contribution in [2.24, 2.45) is 0 Å². The summed E-state index contributed by atoms with van der Waals surface area (Å²) in [6.45, 7) is 0.653. The molecule has 1 unspecified atom stereocenters. The zero-order valence-corrected chi connectivity index (χ0v) is 14.9. The van der Waals surface area contributed by atoms with Gasteiger partial charge in [-0.25, -0.2) is 17.6 Å². The van der Waals surface area contributed by atoms with Crippen molar-refractivity contribution < 1.29 is 22.0 Å². The van der Waals surface area contributed by atoms with Gasteiger partial charge in [0.1, 0.15) is 17.7 Å². The van der Waals surface area contributed by atoms with Crippen molar-refractivity contribution in [1.82, 2.24) is 9.78 Å². The highest BCUT2D eigenvalue weighted by Crippen LogP contribution is 2.37. The van der Waals surface area contributed by atoms with E-state index in [4.69, 9.17) is 0 Å². The zero-order chi connectivity index (χ0) is 19.1. The van der Waals surface area contributed by atoms with E-state index < -0.39 is 29.5 Å². The molecule has 136 valence electrons. The first-order chi connectivity index (χ1) is 12.2. The highest BCUT2D eigenvalue weighted by molar-refractivity contribution is 9.10. The van der Waals surface area contributed by atoms with Gasteiger partial charge in [0.25, 0.3) is 5.92 Å². The van der Waals surface area contributed by atoms with Crippen LogP contribution in [0.3, 0.4) is 0 Å². The van der Waals surface area contributed by atoms with Gasteiger partial charge in [-0.1, -0.05) is 24.3 Å². The third-order valence-corrected chi connectivity index (χ3v) is 4.47. The Morgan fingerprint density at radius 3 is 2.27 bits per heavy atom. The van der Waals surface area contributed by atoms with Crippen LogP contribution >= 0.6 is 15.9 Å². The molecule has 0 fully saturated rings. The van der Waals surface area contributed by atoms with Gasteiger partial charge in [-0.15, -0.1) is 5.10 Å². The predicted octanol–water partition coefficient (Wildman–Crippen LogP) is 5.97. The fourth-order valence-electron chi connectivity index (χ4n) is 2.72. The molecule has 3 rings (SSSR count). The molecular weight excluding hydrogens is 419 g/mol. The molecule has 0 aliphatic heterocycles. The van der Waals surface area contributed by atoms with Gasteiger partial charge in [0.15, 0.2) is 0 Å². The van der Waals surface area contributed by atoms with Crippen molar-refractivity contribution in [1.29, 1.82) is 0 Å². The lowest BCUT2D eigenvalue weighted by Gasteiger charge is -2.24. The topological polar surface area (TPSA) is 17.8 Å². The Balaban J connectivity index is 2.12. The zero-order valence-electron chi connectivity index (χ0n) is 13.4. The molecule has 1 aromatic heterocycles. The number of rotatable bonds is 4. The second kappa shape index (κ2) is 6.83. The minimum atomic E-state index is -3.33. The number of hydrogen-bond acceptors (Lipinski definition) is 1. The summed E-state index contributed by atoms with van der Waals surface area (Å²) in [4.78, 5) is 0. The van der Waals surface area contributed by atoms with Gasteiger partial charge in [0.05, 0.1) is 10.0 Å². The molecule has 1 atom stereocenters. The van der Waals surface area contributed by atoms with Gasteiger partial charge in [-0.3, -0.25) is 4.68 Å². The Labute approximate surface area is 154 Å². The van der Waals surface area contributed by atoms with Crippen molar-refractivity contribution in [2.45, 2.75) is 18.9 Å². The standard InChI is InChI=1S/C18H12BrF5N2/c1-18(23,24)16(10-5-7-11(20)8-6-10)26-9-13(17(22)25-26)12-3-2-4-14(19)15(12)21/h2-9,16H,1H3. The highest BCUT2D eigenvalue weighted by Gasteiger charge is 2.38. The van der Waals surface area contributed by atoms with Crippen molar-refractivity contribution in [3.8, 4) is 11.1 Å². The van der Waals surface area contributed by atoms with Crippen molar-refractivity contribution in [3.05, 3.63) is 76.3 Å². The largest absolute Gasteiger partial charge is 0.271 e. The van der Waals surface area contributed by atoms with E-state index in [9.17, 15) is 22.0 Å². The summed E-state index contributed by atoms with van der Waals surface area (Å²) in [6, 6.07) is 6.98. The molecule has 26 heavy (non-hydrogen) atoms. The maximum absolute atomic E-state index is 14.3. The van der Waals surface area contributed by atoms with E-state index in [-0.39, 0.29) is 21.2 Å². The minimum absolute atomic E-state index is 0.0441. The molecule has 0 radical (unpaired) electrons. The van der Waals surface area contributed by atoms with E-state index in [1.54, 1.807) is 0 Å². The molecule has 2 aromatic carbocycles. The van der Waals surface area contributed by atoms with Gasteiger partial charge >= 0.3 is 0 Å². The average Bonchev–Trinajstić information content (AvgIpc) is 2.92. The normalized spacial score (nSPS) is 13.0. The Morgan fingerprint density at radius 1 is 1.00 bits per heavy atom. The second-order valence-electron chi connectivity index (χ2n) is 5.83. The molecule has 0 aliphatic carbocycles. The van der Waals surface area contributed by atoms with Crippen LogP contribution in [0, 0.1) is 17.6 Å². The Hall–Kier alpha value is -2.22. The first-order valence-corrected chi connectivity index (χ1v) is 8.30. The van der Waals surface area contributed by atoms with Crippen molar-refractivity contribution in [3.63, 3.8) is 0 Å². The van der Waals surface area contributed by atoms with Crippen molar-refractivity contribution >= 4 is 15.9 Å². The van der Waals surface area contributed by atoms with Crippen LogP contribution in [0.4, 0.5) is 22.0 Å². The molecular formula is C18H12BrF5N2. The molecule has 0 saturated heterocycles. The third kappa shape index (κ3) is 3.51. The van der Waals surface area contributed by atoms with Crippen molar-refractivity contribution in [2.75, 3.05) is 0 Å².